The minimum absolute atomic E-state index is 0.0459. The highest BCUT2D eigenvalue weighted by Gasteiger charge is 2.18. The monoisotopic (exact) mass is 186 g/mol. The molecule has 0 aromatic rings. The summed E-state index contributed by atoms with van der Waals surface area (Å²) in [4.78, 5) is 11.1. The minimum atomic E-state index is -0.983. The van der Waals surface area contributed by atoms with Crippen molar-refractivity contribution in [3.05, 3.63) is 0 Å². The number of ether oxygens (including phenoxy) is 1. The molecule has 0 aliphatic heterocycles. The fourth-order valence-electron chi connectivity index (χ4n) is 1.62. The van der Waals surface area contributed by atoms with Crippen molar-refractivity contribution < 1.29 is 14.6 Å². The average molecular weight is 186 g/mol. The second kappa shape index (κ2) is 5.22. The SMILES string of the molecule is C[C@H](O)C(=O)OC1CCCCCC1. The van der Waals surface area contributed by atoms with Crippen LogP contribution in [0.3, 0.4) is 0 Å². The van der Waals surface area contributed by atoms with Crippen LogP contribution < -0.4 is 0 Å². The highest BCUT2D eigenvalue weighted by molar-refractivity contribution is 5.73. The topological polar surface area (TPSA) is 46.5 Å². The van der Waals surface area contributed by atoms with E-state index in [4.69, 9.17) is 9.84 Å². The Bertz CT molecular complexity index is 158. The van der Waals surface area contributed by atoms with Crippen molar-refractivity contribution in [2.75, 3.05) is 0 Å². The summed E-state index contributed by atoms with van der Waals surface area (Å²) < 4.78 is 5.14. The summed E-state index contributed by atoms with van der Waals surface area (Å²) in [6.45, 7) is 1.44. The van der Waals surface area contributed by atoms with Crippen LogP contribution in [0.5, 0.6) is 0 Å². The van der Waals surface area contributed by atoms with Crippen LogP contribution in [-0.2, 0) is 9.53 Å². The standard InChI is InChI=1S/C10H18O3/c1-8(11)10(12)13-9-6-4-2-3-5-7-9/h8-9,11H,2-7H2,1H3/t8-/m0/s1. The van der Waals surface area contributed by atoms with E-state index in [9.17, 15) is 4.79 Å². The maximum atomic E-state index is 11.1. The van der Waals surface area contributed by atoms with Gasteiger partial charge in [-0.2, -0.15) is 0 Å². The van der Waals surface area contributed by atoms with Crippen molar-refractivity contribution in [2.24, 2.45) is 0 Å². The first-order valence-corrected chi connectivity index (χ1v) is 5.08. The van der Waals surface area contributed by atoms with Gasteiger partial charge < -0.3 is 9.84 Å². The number of esters is 1. The molecule has 0 aromatic heterocycles. The Hall–Kier alpha value is -0.570. The Labute approximate surface area is 79.1 Å². The van der Waals surface area contributed by atoms with Gasteiger partial charge in [-0.25, -0.2) is 4.79 Å². The number of carbonyl (C=O) groups excluding carboxylic acids is 1. The van der Waals surface area contributed by atoms with Crippen molar-refractivity contribution >= 4 is 5.97 Å². The average Bonchev–Trinajstić information content (AvgIpc) is 2.32. The quantitative estimate of drug-likeness (QED) is 0.526. The summed E-state index contributed by atoms with van der Waals surface area (Å²) >= 11 is 0. The molecule has 76 valence electrons. The molecule has 3 heteroatoms. The summed E-state index contributed by atoms with van der Waals surface area (Å²) in [7, 11) is 0. The summed E-state index contributed by atoms with van der Waals surface area (Å²) in [5.41, 5.74) is 0. The molecule has 0 radical (unpaired) electrons. The van der Waals surface area contributed by atoms with E-state index in [-0.39, 0.29) is 6.10 Å². The Balaban J connectivity index is 2.29. The molecule has 0 aromatic carbocycles. The molecule has 1 rings (SSSR count). The molecule has 0 heterocycles. The third-order valence-electron chi connectivity index (χ3n) is 2.43. The molecular weight excluding hydrogens is 168 g/mol. The molecule has 1 aliphatic rings. The Morgan fingerprint density at radius 3 is 2.31 bits per heavy atom. The van der Waals surface area contributed by atoms with Gasteiger partial charge in [-0.3, -0.25) is 0 Å². The van der Waals surface area contributed by atoms with E-state index in [2.05, 4.69) is 0 Å². The van der Waals surface area contributed by atoms with Crippen molar-refractivity contribution in [1.82, 2.24) is 0 Å². The number of carbonyl (C=O) groups is 1. The van der Waals surface area contributed by atoms with E-state index in [1.165, 1.54) is 19.8 Å². The number of aliphatic hydroxyl groups excluding tert-OH is 1. The van der Waals surface area contributed by atoms with Crippen LogP contribution >= 0.6 is 0 Å². The van der Waals surface area contributed by atoms with E-state index in [0.717, 1.165) is 25.7 Å². The summed E-state index contributed by atoms with van der Waals surface area (Å²) in [6.07, 6.45) is 5.73. The highest BCUT2D eigenvalue weighted by Crippen LogP contribution is 2.20. The third kappa shape index (κ3) is 3.77. The van der Waals surface area contributed by atoms with E-state index in [1.54, 1.807) is 0 Å². The maximum absolute atomic E-state index is 11.1. The van der Waals surface area contributed by atoms with Gasteiger partial charge in [-0.15, -0.1) is 0 Å². The van der Waals surface area contributed by atoms with Crippen LogP contribution in [0.25, 0.3) is 0 Å². The van der Waals surface area contributed by atoms with Crippen LogP contribution in [-0.4, -0.2) is 23.3 Å². The Kier molecular flexibility index (Phi) is 4.22. The molecule has 1 aliphatic carbocycles. The molecule has 3 nitrogen and oxygen atoms in total. The van der Waals surface area contributed by atoms with Crippen molar-refractivity contribution in [3.8, 4) is 0 Å². The van der Waals surface area contributed by atoms with E-state index in [1.807, 2.05) is 0 Å². The molecular formula is C10H18O3. The van der Waals surface area contributed by atoms with Crippen LogP contribution in [0.4, 0.5) is 0 Å². The number of rotatable bonds is 2. The first-order valence-electron chi connectivity index (χ1n) is 5.08. The fraction of sp³-hybridized carbons (Fsp3) is 0.900. The van der Waals surface area contributed by atoms with Crippen LogP contribution in [0.2, 0.25) is 0 Å². The van der Waals surface area contributed by atoms with Gasteiger partial charge in [0, 0.05) is 0 Å². The second-order valence-electron chi connectivity index (χ2n) is 3.73. The van der Waals surface area contributed by atoms with Gasteiger partial charge in [0.2, 0.25) is 0 Å². The lowest BCUT2D eigenvalue weighted by Crippen LogP contribution is -2.25. The highest BCUT2D eigenvalue weighted by atomic mass is 16.6. The predicted octanol–water partition coefficient (Wildman–Crippen LogP) is 1.63. The zero-order chi connectivity index (χ0) is 9.68. The summed E-state index contributed by atoms with van der Waals surface area (Å²) in [6, 6.07) is 0. The molecule has 0 spiro atoms. The van der Waals surface area contributed by atoms with Crippen molar-refractivity contribution in [1.29, 1.82) is 0 Å². The maximum Gasteiger partial charge on any atom is 0.334 e. The second-order valence-corrected chi connectivity index (χ2v) is 3.73. The van der Waals surface area contributed by atoms with Crippen molar-refractivity contribution in [3.63, 3.8) is 0 Å². The molecule has 1 atom stereocenters. The first-order chi connectivity index (χ1) is 6.20. The lowest BCUT2D eigenvalue weighted by molar-refractivity contribution is -0.158. The first kappa shape index (κ1) is 10.5. The molecule has 1 N–H and O–H groups in total. The zero-order valence-electron chi connectivity index (χ0n) is 8.16. The van der Waals surface area contributed by atoms with E-state index < -0.39 is 12.1 Å². The molecule has 0 bridgehead atoms. The smallest absolute Gasteiger partial charge is 0.334 e. The van der Waals surface area contributed by atoms with Gasteiger partial charge >= 0.3 is 5.97 Å². The summed E-state index contributed by atoms with van der Waals surface area (Å²) in [5.74, 6) is -0.480. The molecule has 0 unspecified atom stereocenters. The van der Waals surface area contributed by atoms with Gasteiger partial charge in [0.1, 0.15) is 12.2 Å². The van der Waals surface area contributed by atoms with Crippen molar-refractivity contribution in [2.45, 2.75) is 57.7 Å². The Morgan fingerprint density at radius 2 is 1.85 bits per heavy atom. The Morgan fingerprint density at radius 1 is 1.31 bits per heavy atom. The predicted molar refractivity (Wildman–Crippen MR) is 49.3 cm³/mol. The molecule has 13 heavy (non-hydrogen) atoms. The number of hydrogen-bond donors (Lipinski definition) is 1. The van der Waals surface area contributed by atoms with Gasteiger partial charge in [-0.1, -0.05) is 12.8 Å². The number of hydrogen-bond acceptors (Lipinski definition) is 3. The largest absolute Gasteiger partial charge is 0.460 e. The van der Waals surface area contributed by atoms with Gasteiger partial charge in [0.25, 0.3) is 0 Å². The van der Waals surface area contributed by atoms with E-state index in [0.29, 0.717) is 0 Å². The van der Waals surface area contributed by atoms with Gasteiger partial charge in [0.15, 0.2) is 0 Å². The third-order valence-corrected chi connectivity index (χ3v) is 2.43. The van der Waals surface area contributed by atoms with Crippen LogP contribution in [0.15, 0.2) is 0 Å². The van der Waals surface area contributed by atoms with Gasteiger partial charge in [-0.05, 0) is 32.6 Å². The fourth-order valence-corrected chi connectivity index (χ4v) is 1.62. The lowest BCUT2D eigenvalue weighted by Gasteiger charge is -2.16. The molecule has 0 amide bonds. The molecule has 1 fully saturated rings. The van der Waals surface area contributed by atoms with Crippen LogP contribution in [0.1, 0.15) is 45.4 Å². The van der Waals surface area contributed by atoms with E-state index >= 15 is 0 Å². The lowest BCUT2D eigenvalue weighted by atomic mass is 10.1. The minimum Gasteiger partial charge on any atom is -0.460 e. The molecule has 1 saturated carbocycles. The van der Waals surface area contributed by atoms with Crippen LogP contribution in [0, 0.1) is 0 Å². The zero-order valence-corrected chi connectivity index (χ0v) is 8.16. The summed E-state index contributed by atoms with van der Waals surface area (Å²) in [5, 5.41) is 8.95. The molecule has 0 saturated heterocycles. The van der Waals surface area contributed by atoms with Gasteiger partial charge in [0.05, 0.1) is 0 Å². The number of aliphatic hydroxyl groups is 1. The normalized spacial score (nSPS) is 22.0.